The highest BCUT2D eigenvalue weighted by atomic mass is 19.1. The van der Waals surface area contributed by atoms with Gasteiger partial charge >= 0.3 is 5.69 Å². The molecule has 2 rings (SSSR count). The molecule has 0 atom stereocenters. The number of nitro benzene ring substituents is 1. The van der Waals surface area contributed by atoms with E-state index in [1.807, 2.05) is 24.3 Å². The van der Waals surface area contributed by atoms with Gasteiger partial charge < -0.3 is 5.32 Å². The standard InChI is InChI=1S/C19H19FN2O3/c1-19(2,3)14-7-4-13(5-8-14)6-11-18(23)21-15-9-10-16(20)17(12-15)22(24)25/h4-12H,1-3H3,(H,21,23)/b11-6+. The number of carbonyl (C=O) groups excluding carboxylic acids is 1. The summed E-state index contributed by atoms with van der Waals surface area (Å²) in [6.45, 7) is 6.35. The first-order valence-corrected chi connectivity index (χ1v) is 7.70. The minimum absolute atomic E-state index is 0.0525. The predicted molar refractivity (Wildman–Crippen MR) is 95.9 cm³/mol. The van der Waals surface area contributed by atoms with E-state index in [4.69, 9.17) is 0 Å². The highest BCUT2D eigenvalue weighted by Crippen LogP contribution is 2.23. The fraction of sp³-hybridized carbons (Fsp3) is 0.211. The molecule has 0 radical (unpaired) electrons. The number of nitro groups is 1. The fourth-order valence-electron chi connectivity index (χ4n) is 2.18. The summed E-state index contributed by atoms with van der Waals surface area (Å²) in [4.78, 5) is 21.8. The van der Waals surface area contributed by atoms with Crippen LogP contribution in [-0.4, -0.2) is 10.8 Å². The largest absolute Gasteiger partial charge is 0.322 e. The lowest BCUT2D eigenvalue weighted by Crippen LogP contribution is -2.10. The first-order valence-electron chi connectivity index (χ1n) is 7.70. The number of rotatable bonds is 4. The van der Waals surface area contributed by atoms with Gasteiger partial charge in [0.15, 0.2) is 0 Å². The summed E-state index contributed by atoms with van der Waals surface area (Å²) in [5, 5.41) is 13.2. The second kappa shape index (κ2) is 7.25. The minimum Gasteiger partial charge on any atom is -0.322 e. The highest BCUT2D eigenvalue weighted by molar-refractivity contribution is 6.02. The van der Waals surface area contributed by atoms with Crippen LogP contribution in [0.3, 0.4) is 0 Å². The third-order valence-corrected chi connectivity index (χ3v) is 3.61. The second-order valence-electron chi connectivity index (χ2n) is 6.62. The monoisotopic (exact) mass is 342 g/mol. The average molecular weight is 342 g/mol. The Bertz CT molecular complexity index is 822. The molecule has 130 valence electrons. The van der Waals surface area contributed by atoms with E-state index in [9.17, 15) is 19.3 Å². The van der Waals surface area contributed by atoms with Crippen LogP contribution in [0.4, 0.5) is 15.8 Å². The Hall–Kier alpha value is -3.02. The van der Waals surface area contributed by atoms with Crippen LogP contribution in [0.25, 0.3) is 6.08 Å². The van der Waals surface area contributed by atoms with Gasteiger partial charge in [-0.1, -0.05) is 45.0 Å². The van der Waals surface area contributed by atoms with Crippen LogP contribution >= 0.6 is 0 Å². The van der Waals surface area contributed by atoms with Gasteiger partial charge in [-0.15, -0.1) is 0 Å². The summed E-state index contributed by atoms with van der Waals surface area (Å²) >= 11 is 0. The maximum Gasteiger partial charge on any atom is 0.306 e. The Kier molecular flexibility index (Phi) is 5.32. The van der Waals surface area contributed by atoms with Crippen molar-refractivity contribution in [1.29, 1.82) is 0 Å². The van der Waals surface area contributed by atoms with Gasteiger partial charge in [-0.3, -0.25) is 14.9 Å². The molecule has 2 aromatic rings. The third-order valence-electron chi connectivity index (χ3n) is 3.61. The third kappa shape index (κ3) is 4.97. The van der Waals surface area contributed by atoms with Crippen LogP contribution in [-0.2, 0) is 10.2 Å². The molecule has 0 aliphatic heterocycles. The lowest BCUT2D eigenvalue weighted by atomic mass is 9.87. The first kappa shape index (κ1) is 18.3. The van der Waals surface area contributed by atoms with Gasteiger partial charge in [0.25, 0.3) is 0 Å². The van der Waals surface area contributed by atoms with Crippen LogP contribution in [0.2, 0.25) is 0 Å². The Morgan fingerprint density at radius 2 is 1.80 bits per heavy atom. The molecule has 0 saturated carbocycles. The zero-order chi connectivity index (χ0) is 18.6. The normalized spacial score (nSPS) is 11.5. The van der Waals surface area contributed by atoms with Crippen molar-refractivity contribution in [3.63, 3.8) is 0 Å². The van der Waals surface area contributed by atoms with Gasteiger partial charge in [-0.05, 0) is 34.8 Å². The summed E-state index contributed by atoms with van der Waals surface area (Å²) in [6.07, 6.45) is 2.96. The van der Waals surface area contributed by atoms with Crippen molar-refractivity contribution < 1.29 is 14.1 Å². The van der Waals surface area contributed by atoms with Crippen LogP contribution in [0.5, 0.6) is 0 Å². The van der Waals surface area contributed by atoms with Crippen molar-refractivity contribution in [3.8, 4) is 0 Å². The molecule has 0 aliphatic rings. The molecule has 0 unspecified atom stereocenters. The Labute approximate surface area is 145 Å². The molecule has 25 heavy (non-hydrogen) atoms. The molecule has 0 fully saturated rings. The molecule has 0 spiro atoms. The number of nitrogens with zero attached hydrogens (tertiary/aromatic N) is 1. The molecule has 0 bridgehead atoms. The van der Waals surface area contributed by atoms with E-state index in [0.29, 0.717) is 0 Å². The summed E-state index contributed by atoms with van der Waals surface area (Å²) in [6, 6.07) is 11.0. The van der Waals surface area contributed by atoms with Crippen LogP contribution in [0.15, 0.2) is 48.5 Å². The molecule has 0 heterocycles. The maximum absolute atomic E-state index is 13.3. The van der Waals surface area contributed by atoms with Crippen molar-refractivity contribution >= 4 is 23.4 Å². The van der Waals surface area contributed by atoms with Crippen molar-refractivity contribution in [3.05, 3.63) is 75.6 Å². The number of hydrogen-bond acceptors (Lipinski definition) is 3. The van der Waals surface area contributed by atoms with E-state index in [-0.39, 0.29) is 11.1 Å². The second-order valence-corrected chi connectivity index (χ2v) is 6.62. The number of anilines is 1. The number of halogens is 1. The number of carbonyl (C=O) groups is 1. The van der Waals surface area contributed by atoms with E-state index in [1.54, 1.807) is 6.08 Å². The van der Waals surface area contributed by atoms with Gasteiger partial charge in [-0.25, -0.2) is 0 Å². The molecule has 5 nitrogen and oxygen atoms in total. The van der Waals surface area contributed by atoms with Crippen LogP contribution in [0.1, 0.15) is 31.9 Å². The zero-order valence-electron chi connectivity index (χ0n) is 14.2. The lowest BCUT2D eigenvalue weighted by molar-refractivity contribution is -0.387. The Morgan fingerprint density at radius 1 is 1.16 bits per heavy atom. The fourth-order valence-corrected chi connectivity index (χ4v) is 2.18. The summed E-state index contributed by atoms with van der Waals surface area (Å²) in [7, 11) is 0. The van der Waals surface area contributed by atoms with Gasteiger partial charge in [-0.2, -0.15) is 4.39 Å². The zero-order valence-corrected chi connectivity index (χ0v) is 14.2. The maximum atomic E-state index is 13.3. The topological polar surface area (TPSA) is 72.2 Å². The van der Waals surface area contributed by atoms with E-state index < -0.39 is 22.3 Å². The molecule has 0 aliphatic carbocycles. The van der Waals surface area contributed by atoms with Crippen molar-refractivity contribution in [2.75, 3.05) is 5.32 Å². The highest BCUT2D eigenvalue weighted by Gasteiger charge is 2.15. The molecule has 0 aromatic heterocycles. The number of amides is 1. The molecule has 1 N–H and O–H groups in total. The molecular weight excluding hydrogens is 323 g/mol. The van der Waals surface area contributed by atoms with E-state index in [2.05, 4.69) is 26.1 Å². The van der Waals surface area contributed by atoms with E-state index in [1.165, 1.54) is 17.7 Å². The first-order chi connectivity index (χ1) is 11.7. The van der Waals surface area contributed by atoms with Crippen molar-refractivity contribution in [2.45, 2.75) is 26.2 Å². The number of hydrogen-bond donors (Lipinski definition) is 1. The Morgan fingerprint density at radius 3 is 2.36 bits per heavy atom. The quantitative estimate of drug-likeness (QED) is 0.498. The van der Waals surface area contributed by atoms with E-state index in [0.717, 1.165) is 17.7 Å². The van der Waals surface area contributed by atoms with Gasteiger partial charge in [0.05, 0.1) is 4.92 Å². The molecular formula is C19H19FN2O3. The summed E-state index contributed by atoms with van der Waals surface area (Å²) in [5.41, 5.74) is 1.57. The summed E-state index contributed by atoms with van der Waals surface area (Å²) in [5.74, 6) is -1.40. The van der Waals surface area contributed by atoms with Crippen molar-refractivity contribution in [2.24, 2.45) is 0 Å². The van der Waals surface area contributed by atoms with Crippen LogP contribution in [0, 0.1) is 15.9 Å². The minimum atomic E-state index is -0.947. The SMILES string of the molecule is CC(C)(C)c1ccc(/C=C/C(=O)Nc2ccc(F)c([N+](=O)[O-])c2)cc1. The number of benzene rings is 2. The molecule has 1 amide bonds. The average Bonchev–Trinajstić information content (AvgIpc) is 2.54. The smallest absolute Gasteiger partial charge is 0.306 e. The van der Waals surface area contributed by atoms with Gasteiger partial charge in [0, 0.05) is 17.8 Å². The van der Waals surface area contributed by atoms with Gasteiger partial charge in [0.2, 0.25) is 11.7 Å². The molecule has 2 aromatic carbocycles. The number of nitrogens with one attached hydrogen (secondary N) is 1. The molecule has 0 saturated heterocycles. The predicted octanol–water partition coefficient (Wildman–Crippen LogP) is 4.68. The Balaban J connectivity index is 2.06. The van der Waals surface area contributed by atoms with Crippen molar-refractivity contribution in [1.82, 2.24) is 0 Å². The lowest BCUT2D eigenvalue weighted by Gasteiger charge is -2.18. The summed E-state index contributed by atoms with van der Waals surface area (Å²) < 4.78 is 13.3. The molecule has 6 heteroatoms. The van der Waals surface area contributed by atoms with Crippen LogP contribution < -0.4 is 5.32 Å². The van der Waals surface area contributed by atoms with Gasteiger partial charge in [0.1, 0.15) is 0 Å². The van der Waals surface area contributed by atoms with E-state index >= 15 is 0 Å².